The van der Waals surface area contributed by atoms with Gasteiger partial charge in [-0.3, -0.25) is 0 Å². The van der Waals surface area contributed by atoms with Crippen LogP contribution in [0.25, 0.3) is 10.9 Å². The number of furan rings is 1. The minimum Gasteiger partial charge on any atom is -0.466 e. The fourth-order valence-corrected chi connectivity index (χ4v) is 2.42. The molecule has 0 spiro atoms. The Morgan fingerprint density at radius 1 is 1.22 bits per heavy atom. The summed E-state index contributed by atoms with van der Waals surface area (Å²) in [5.41, 5.74) is 8.25. The van der Waals surface area contributed by atoms with Crippen molar-refractivity contribution in [2.75, 3.05) is 6.54 Å². The smallest absolute Gasteiger partial charge is 0.112 e. The van der Waals surface area contributed by atoms with E-state index in [0.717, 1.165) is 17.0 Å². The summed E-state index contributed by atoms with van der Waals surface area (Å²) in [6.45, 7) is 2.49. The molecule has 0 amide bonds. The second-order valence-electron chi connectivity index (χ2n) is 4.53. The Labute approximate surface area is 106 Å². The van der Waals surface area contributed by atoms with Crippen molar-refractivity contribution in [3.8, 4) is 0 Å². The molecule has 3 N–H and O–H groups in total. The second-order valence-corrected chi connectivity index (χ2v) is 4.53. The number of fused-ring (bicyclic) bond motifs is 1. The van der Waals surface area contributed by atoms with Gasteiger partial charge in [0.1, 0.15) is 11.5 Å². The van der Waals surface area contributed by atoms with Crippen molar-refractivity contribution < 1.29 is 4.42 Å². The zero-order chi connectivity index (χ0) is 12.5. The van der Waals surface area contributed by atoms with E-state index in [1.54, 1.807) is 0 Å². The molecular formula is C15H16N2O. The van der Waals surface area contributed by atoms with Crippen LogP contribution in [0.4, 0.5) is 0 Å². The summed E-state index contributed by atoms with van der Waals surface area (Å²) in [6, 6.07) is 12.2. The monoisotopic (exact) mass is 240 g/mol. The molecule has 3 nitrogen and oxygen atoms in total. The average Bonchev–Trinajstić information content (AvgIpc) is 2.98. The molecule has 1 aromatic carbocycles. The number of rotatable bonds is 3. The predicted molar refractivity (Wildman–Crippen MR) is 72.6 cm³/mol. The van der Waals surface area contributed by atoms with Gasteiger partial charge in [0.15, 0.2) is 0 Å². The van der Waals surface area contributed by atoms with Gasteiger partial charge in [-0.15, -0.1) is 0 Å². The van der Waals surface area contributed by atoms with Crippen molar-refractivity contribution in [1.29, 1.82) is 0 Å². The van der Waals surface area contributed by atoms with Crippen molar-refractivity contribution in [1.82, 2.24) is 4.98 Å². The van der Waals surface area contributed by atoms with E-state index in [2.05, 4.69) is 17.1 Å². The first kappa shape index (κ1) is 11.1. The van der Waals surface area contributed by atoms with Crippen LogP contribution in [0.1, 0.15) is 23.0 Å². The van der Waals surface area contributed by atoms with E-state index < -0.39 is 0 Å². The van der Waals surface area contributed by atoms with Crippen LogP contribution in [0.3, 0.4) is 0 Å². The molecular weight excluding hydrogens is 224 g/mol. The summed E-state index contributed by atoms with van der Waals surface area (Å²) < 4.78 is 5.72. The van der Waals surface area contributed by atoms with Crippen molar-refractivity contribution in [2.24, 2.45) is 5.73 Å². The number of nitrogens with two attached hydrogens (primary N) is 1. The summed E-state index contributed by atoms with van der Waals surface area (Å²) >= 11 is 0. The Bertz CT molecular complexity index is 666. The van der Waals surface area contributed by atoms with E-state index in [1.165, 1.54) is 10.9 Å². The Balaban J connectivity index is 2.11. The number of aryl methyl sites for hydroxylation is 1. The standard InChI is InChI=1S/C15H16N2O/c1-10-6-7-15(18-10)12(8-16)13-9-17-14-5-3-2-4-11(13)14/h2-7,9,12,17H,8,16H2,1H3/t12-/m0/s1. The van der Waals surface area contributed by atoms with Crippen LogP contribution >= 0.6 is 0 Å². The maximum absolute atomic E-state index is 5.92. The van der Waals surface area contributed by atoms with Crippen LogP contribution in [0.5, 0.6) is 0 Å². The highest BCUT2D eigenvalue weighted by Crippen LogP contribution is 2.30. The van der Waals surface area contributed by atoms with E-state index in [4.69, 9.17) is 10.2 Å². The van der Waals surface area contributed by atoms with Gasteiger partial charge in [0.25, 0.3) is 0 Å². The van der Waals surface area contributed by atoms with Gasteiger partial charge in [0, 0.05) is 23.6 Å². The molecule has 2 aromatic heterocycles. The Morgan fingerprint density at radius 3 is 2.78 bits per heavy atom. The van der Waals surface area contributed by atoms with Crippen molar-refractivity contribution in [2.45, 2.75) is 12.8 Å². The van der Waals surface area contributed by atoms with E-state index in [9.17, 15) is 0 Å². The van der Waals surface area contributed by atoms with Crippen molar-refractivity contribution in [3.05, 3.63) is 59.7 Å². The van der Waals surface area contributed by atoms with Gasteiger partial charge in [-0.2, -0.15) is 0 Å². The summed E-state index contributed by atoms with van der Waals surface area (Å²) in [4.78, 5) is 3.28. The van der Waals surface area contributed by atoms with Gasteiger partial charge in [-0.05, 0) is 30.7 Å². The maximum atomic E-state index is 5.92. The molecule has 0 bridgehead atoms. The molecule has 3 heteroatoms. The Morgan fingerprint density at radius 2 is 2.06 bits per heavy atom. The van der Waals surface area contributed by atoms with Gasteiger partial charge in [-0.1, -0.05) is 18.2 Å². The lowest BCUT2D eigenvalue weighted by Gasteiger charge is -2.11. The van der Waals surface area contributed by atoms with Crippen LogP contribution < -0.4 is 5.73 Å². The normalized spacial score (nSPS) is 13.0. The van der Waals surface area contributed by atoms with Crippen LogP contribution in [0, 0.1) is 6.92 Å². The molecule has 0 saturated heterocycles. The van der Waals surface area contributed by atoms with Crippen molar-refractivity contribution in [3.63, 3.8) is 0 Å². The Hall–Kier alpha value is -2.00. The summed E-state index contributed by atoms with van der Waals surface area (Å²) in [5, 5.41) is 1.21. The van der Waals surface area contributed by atoms with Crippen LogP contribution in [-0.4, -0.2) is 11.5 Å². The number of aromatic nitrogens is 1. The number of benzene rings is 1. The fraction of sp³-hybridized carbons (Fsp3) is 0.200. The molecule has 0 aliphatic carbocycles. The van der Waals surface area contributed by atoms with Crippen LogP contribution in [0.2, 0.25) is 0 Å². The lowest BCUT2D eigenvalue weighted by Crippen LogP contribution is -2.12. The van der Waals surface area contributed by atoms with Gasteiger partial charge in [-0.25, -0.2) is 0 Å². The first-order chi connectivity index (χ1) is 8.79. The molecule has 2 heterocycles. The van der Waals surface area contributed by atoms with E-state index in [-0.39, 0.29) is 5.92 Å². The number of H-pyrrole nitrogens is 1. The molecule has 0 radical (unpaired) electrons. The molecule has 3 aromatic rings. The first-order valence-electron chi connectivity index (χ1n) is 6.12. The third-order valence-electron chi connectivity index (χ3n) is 3.34. The second kappa shape index (κ2) is 4.35. The molecule has 0 aliphatic heterocycles. The predicted octanol–water partition coefficient (Wildman–Crippen LogP) is 3.16. The van der Waals surface area contributed by atoms with Crippen molar-refractivity contribution >= 4 is 10.9 Å². The first-order valence-corrected chi connectivity index (χ1v) is 6.12. The summed E-state index contributed by atoms with van der Waals surface area (Å²) in [5.74, 6) is 1.96. The molecule has 1 atom stereocenters. The fourth-order valence-electron chi connectivity index (χ4n) is 2.42. The lowest BCUT2D eigenvalue weighted by atomic mass is 9.96. The number of hydrogen-bond donors (Lipinski definition) is 2. The third kappa shape index (κ3) is 1.73. The zero-order valence-corrected chi connectivity index (χ0v) is 10.3. The molecule has 92 valence electrons. The highest BCUT2D eigenvalue weighted by atomic mass is 16.3. The molecule has 0 saturated carbocycles. The topological polar surface area (TPSA) is 55.0 Å². The minimum atomic E-state index is 0.106. The minimum absolute atomic E-state index is 0.106. The summed E-state index contributed by atoms with van der Waals surface area (Å²) in [7, 11) is 0. The number of aromatic amines is 1. The molecule has 18 heavy (non-hydrogen) atoms. The highest BCUT2D eigenvalue weighted by molar-refractivity contribution is 5.84. The summed E-state index contributed by atoms with van der Waals surface area (Å²) in [6.07, 6.45) is 2.03. The SMILES string of the molecule is Cc1ccc([C@@H](CN)c2c[nH]c3ccccc23)o1. The quantitative estimate of drug-likeness (QED) is 0.738. The van der Waals surface area contributed by atoms with E-state index in [0.29, 0.717) is 6.54 Å². The lowest BCUT2D eigenvalue weighted by molar-refractivity contribution is 0.465. The van der Waals surface area contributed by atoms with Gasteiger partial charge in [0.2, 0.25) is 0 Å². The largest absolute Gasteiger partial charge is 0.466 e. The van der Waals surface area contributed by atoms with Gasteiger partial charge in [0.05, 0.1) is 5.92 Å². The maximum Gasteiger partial charge on any atom is 0.112 e. The third-order valence-corrected chi connectivity index (χ3v) is 3.34. The number of nitrogens with one attached hydrogen (secondary N) is 1. The number of hydrogen-bond acceptors (Lipinski definition) is 2. The average molecular weight is 240 g/mol. The highest BCUT2D eigenvalue weighted by Gasteiger charge is 2.19. The van der Waals surface area contributed by atoms with E-state index >= 15 is 0 Å². The van der Waals surface area contributed by atoms with Gasteiger partial charge < -0.3 is 15.1 Å². The van der Waals surface area contributed by atoms with Crippen LogP contribution in [-0.2, 0) is 0 Å². The number of para-hydroxylation sites is 1. The molecule has 3 rings (SSSR count). The molecule has 0 unspecified atom stereocenters. The Kier molecular flexibility index (Phi) is 2.68. The van der Waals surface area contributed by atoms with Gasteiger partial charge >= 0.3 is 0 Å². The van der Waals surface area contributed by atoms with Crippen LogP contribution in [0.15, 0.2) is 47.0 Å². The molecule has 0 aliphatic rings. The molecule has 0 fully saturated rings. The zero-order valence-electron chi connectivity index (χ0n) is 10.3. The van der Waals surface area contributed by atoms with E-state index in [1.807, 2.05) is 37.4 Å².